The average molecular weight is 466 g/mol. The molecule has 8 heteroatoms. The van der Waals surface area contributed by atoms with E-state index in [-0.39, 0.29) is 39.7 Å². The zero-order chi connectivity index (χ0) is 24.8. The lowest BCUT2D eigenvalue weighted by Crippen LogP contribution is -2.62. The molecule has 0 saturated carbocycles. The first-order valence-electron chi connectivity index (χ1n) is 11.4. The summed E-state index contributed by atoms with van der Waals surface area (Å²) in [6.07, 6.45) is 3.51. The summed E-state index contributed by atoms with van der Waals surface area (Å²) >= 11 is 0. The van der Waals surface area contributed by atoms with Crippen LogP contribution in [0.4, 0.5) is 10.2 Å². The smallest absolute Gasteiger partial charge is 0.250 e. The molecule has 2 aromatic heterocycles. The first-order chi connectivity index (χ1) is 15.8. The van der Waals surface area contributed by atoms with Crippen LogP contribution in [0.15, 0.2) is 47.4 Å². The zero-order valence-corrected chi connectivity index (χ0v) is 20.6. The summed E-state index contributed by atoms with van der Waals surface area (Å²) in [5.41, 5.74) is 0.942. The number of aromatic nitrogens is 3. The quantitative estimate of drug-likeness (QED) is 0.604. The Labute approximate surface area is 199 Å². The number of aromatic hydroxyl groups is 1. The Balaban J connectivity index is 1.60. The highest BCUT2D eigenvalue weighted by Crippen LogP contribution is 2.36. The summed E-state index contributed by atoms with van der Waals surface area (Å²) in [5, 5.41) is 22.9. The van der Waals surface area contributed by atoms with Crippen molar-refractivity contribution in [3.05, 3.63) is 58.8 Å². The van der Waals surface area contributed by atoms with Crippen LogP contribution in [0.5, 0.6) is 5.75 Å². The molecular weight excluding hydrogens is 433 g/mol. The van der Waals surface area contributed by atoms with E-state index >= 15 is 4.39 Å². The number of hydrogen-bond acceptors (Lipinski definition) is 6. The highest BCUT2D eigenvalue weighted by Gasteiger charge is 2.39. The Morgan fingerprint density at radius 2 is 1.74 bits per heavy atom. The number of aryl methyl sites for hydroxylation is 1. The molecule has 0 amide bonds. The predicted octanol–water partition coefficient (Wildman–Crippen LogP) is 4.10. The van der Waals surface area contributed by atoms with Crippen LogP contribution in [0.1, 0.15) is 40.5 Å². The van der Waals surface area contributed by atoms with Crippen molar-refractivity contribution in [2.45, 2.75) is 57.7 Å². The lowest BCUT2D eigenvalue weighted by Gasteiger charge is -2.49. The Bertz CT molecular complexity index is 1230. The first kappa shape index (κ1) is 23.9. The van der Waals surface area contributed by atoms with E-state index in [9.17, 15) is 9.90 Å². The highest BCUT2D eigenvalue weighted by atomic mass is 19.1. The lowest BCUT2D eigenvalue weighted by atomic mass is 9.79. The van der Waals surface area contributed by atoms with Crippen LogP contribution >= 0.6 is 0 Å². The summed E-state index contributed by atoms with van der Waals surface area (Å²) in [5.74, 6) is -0.195. The number of piperidine rings is 1. The molecule has 180 valence electrons. The molecule has 0 unspecified atom stereocenters. The lowest BCUT2D eigenvalue weighted by molar-refractivity contribution is 0.160. The van der Waals surface area contributed by atoms with Gasteiger partial charge in [-0.1, -0.05) is 0 Å². The Hall–Kier alpha value is -3.26. The number of rotatable bonds is 4. The average Bonchev–Trinajstić information content (AvgIpc) is 2.73. The maximum absolute atomic E-state index is 15.1. The topological polar surface area (TPSA) is 83.3 Å². The Kier molecular flexibility index (Phi) is 5.97. The van der Waals surface area contributed by atoms with Crippen molar-refractivity contribution < 1.29 is 9.50 Å². The fraction of sp³-hybridized carbons (Fsp3) is 0.423. The van der Waals surface area contributed by atoms with Gasteiger partial charge in [-0.15, -0.1) is 10.2 Å². The van der Waals surface area contributed by atoms with Gasteiger partial charge in [-0.25, -0.2) is 4.39 Å². The van der Waals surface area contributed by atoms with Crippen LogP contribution in [0.2, 0.25) is 0 Å². The van der Waals surface area contributed by atoms with Gasteiger partial charge in [0.1, 0.15) is 11.6 Å². The fourth-order valence-electron chi connectivity index (χ4n) is 5.12. The number of nitrogens with one attached hydrogen (secondary N) is 1. The van der Waals surface area contributed by atoms with Crippen molar-refractivity contribution in [1.82, 2.24) is 20.1 Å². The number of phenolic OH excluding ortho intramolecular Hbond substituents is 1. The van der Waals surface area contributed by atoms with Gasteiger partial charge in [-0.05, 0) is 82.0 Å². The third-order valence-electron chi connectivity index (χ3n) is 6.49. The largest absolute Gasteiger partial charge is 0.507 e. The van der Waals surface area contributed by atoms with Crippen molar-refractivity contribution >= 4 is 5.82 Å². The van der Waals surface area contributed by atoms with Crippen LogP contribution in [-0.4, -0.2) is 44.0 Å². The van der Waals surface area contributed by atoms with E-state index in [0.717, 1.165) is 12.8 Å². The molecule has 34 heavy (non-hydrogen) atoms. The summed E-state index contributed by atoms with van der Waals surface area (Å²) in [6.45, 7) is 8.80. The summed E-state index contributed by atoms with van der Waals surface area (Å²) < 4.78 is 16.5. The van der Waals surface area contributed by atoms with E-state index in [4.69, 9.17) is 0 Å². The van der Waals surface area contributed by atoms with Crippen LogP contribution in [-0.2, 0) is 7.05 Å². The number of benzene rings is 1. The summed E-state index contributed by atoms with van der Waals surface area (Å²) in [6, 6.07) is 9.59. The Morgan fingerprint density at radius 3 is 2.29 bits per heavy atom. The number of pyridine rings is 1. The van der Waals surface area contributed by atoms with Crippen LogP contribution in [0.25, 0.3) is 22.4 Å². The van der Waals surface area contributed by atoms with Crippen LogP contribution < -0.4 is 15.8 Å². The van der Waals surface area contributed by atoms with Crippen molar-refractivity contribution in [3.63, 3.8) is 0 Å². The number of anilines is 1. The minimum atomic E-state index is -0.632. The van der Waals surface area contributed by atoms with Gasteiger partial charge in [0.15, 0.2) is 5.82 Å². The third-order valence-corrected chi connectivity index (χ3v) is 6.49. The van der Waals surface area contributed by atoms with Gasteiger partial charge in [0.25, 0.3) is 5.56 Å². The number of nitrogens with zero attached hydrogens (tertiary/aromatic N) is 4. The molecule has 4 rings (SSSR count). The molecule has 2 N–H and O–H groups in total. The van der Waals surface area contributed by atoms with E-state index in [2.05, 4.69) is 48.1 Å². The monoisotopic (exact) mass is 465 g/mol. The second-order valence-corrected chi connectivity index (χ2v) is 10.6. The van der Waals surface area contributed by atoms with Crippen LogP contribution in [0.3, 0.4) is 0 Å². The number of hydrogen-bond donors (Lipinski definition) is 2. The number of phenols is 1. The van der Waals surface area contributed by atoms with Gasteiger partial charge < -0.3 is 19.9 Å². The molecule has 0 radical (unpaired) electrons. The fourth-order valence-corrected chi connectivity index (χ4v) is 5.12. The maximum Gasteiger partial charge on any atom is 0.250 e. The molecule has 0 atom stereocenters. The Morgan fingerprint density at radius 1 is 1.06 bits per heavy atom. The molecule has 7 nitrogen and oxygen atoms in total. The molecule has 0 bridgehead atoms. The van der Waals surface area contributed by atoms with E-state index < -0.39 is 5.82 Å². The van der Waals surface area contributed by atoms with Gasteiger partial charge in [0.05, 0.1) is 11.3 Å². The van der Waals surface area contributed by atoms with Gasteiger partial charge in [-0.2, -0.15) is 0 Å². The molecule has 0 aliphatic carbocycles. The van der Waals surface area contributed by atoms with Crippen molar-refractivity contribution in [2.24, 2.45) is 7.05 Å². The SMILES string of the molecule is CN(c1ccc(-c2c(O)cc(-c3ccn(C)c(=O)c3)cc2F)nn1)C1CC(C)(C)NC(C)(C)C1. The molecule has 0 spiro atoms. The minimum absolute atomic E-state index is 0.00625. The normalized spacial score (nSPS) is 17.5. The molecule has 1 aromatic carbocycles. The van der Waals surface area contributed by atoms with Gasteiger partial charge in [0, 0.05) is 43.5 Å². The maximum atomic E-state index is 15.1. The third kappa shape index (κ3) is 4.82. The molecule has 1 saturated heterocycles. The number of halogens is 1. The zero-order valence-electron chi connectivity index (χ0n) is 20.6. The second-order valence-electron chi connectivity index (χ2n) is 10.6. The predicted molar refractivity (Wildman–Crippen MR) is 132 cm³/mol. The molecule has 1 fully saturated rings. The van der Waals surface area contributed by atoms with Crippen LogP contribution in [0, 0.1) is 5.82 Å². The summed E-state index contributed by atoms with van der Waals surface area (Å²) in [4.78, 5) is 14.0. The molecule has 1 aliphatic rings. The first-order valence-corrected chi connectivity index (χ1v) is 11.4. The van der Waals surface area contributed by atoms with Gasteiger partial charge in [-0.3, -0.25) is 4.79 Å². The minimum Gasteiger partial charge on any atom is -0.507 e. The van der Waals surface area contributed by atoms with E-state index in [1.165, 1.54) is 22.8 Å². The molecule has 1 aliphatic heterocycles. The highest BCUT2D eigenvalue weighted by molar-refractivity contribution is 5.75. The molecule has 3 heterocycles. The standard InChI is InChI=1S/C26H32FN5O2/c1-25(2)14-18(15-26(3,4)30-25)32(6)22-8-7-20(28-29-22)24-19(27)11-17(12-21(24)33)16-9-10-31(5)23(34)13-16/h7-13,18,30,33H,14-15H2,1-6H3. The van der Waals surface area contributed by atoms with Crippen molar-refractivity contribution in [2.75, 3.05) is 11.9 Å². The van der Waals surface area contributed by atoms with E-state index in [0.29, 0.717) is 16.9 Å². The van der Waals surface area contributed by atoms with E-state index in [1.54, 1.807) is 31.4 Å². The van der Waals surface area contributed by atoms with Crippen molar-refractivity contribution in [1.29, 1.82) is 0 Å². The van der Waals surface area contributed by atoms with E-state index in [1.807, 2.05) is 7.05 Å². The second kappa shape index (κ2) is 8.51. The summed E-state index contributed by atoms with van der Waals surface area (Å²) in [7, 11) is 3.64. The molecular formula is C26H32FN5O2. The van der Waals surface area contributed by atoms with Crippen molar-refractivity contribution in [3.8, 4) is 28.1 Å². The van der Waals surface area contributed by atoms with Gasteiger partial charge in [0.2, 0.25) is 0 Å². The van der Waals surface area contributed by atoms with Gasteiger partial charge >= 0.3 is 0 Å². The molecule has 3 aromatic rings.